The molecular formula is C22H25N3O4. The van der Waals surface area contributed by atoms with Crippen molar-refractivity contribution in [1.29, 1.82) is 0 Å². The van der Waals surface area contributed by atoms with E-state index in [-0.39, 0.29) is 18.4 Å². The van der Waals surface area contributed by atoms with Gasteiger partial charge >= 0.3 is 6.03 Å². The van der Waals surface area contributed by atoms with Gasteiger partial charge in [0, 0.05) is 11.7 Å². The van der Waals surface area contributed by atoms with Crippen molar-refractivity contribution in [2.24, 2.45) is 0 Å². The van der Waals surface area contributed by atoms with Crippen molar-refractivity contribution in [1.82, 2.24) is 4.90 Å². The summed E-state index contributed by atoms with van der Waals surface area (Å²) in [4.78, 5) is 41.1. The Bertz CT molecular complexity index is 881. The zero-order valence-corrected chi connectivity index (χ0v) is 16.8. The van der Waals surface area contributed by atoms with E-state index in [1.165, 1.54) is 4.90 Å². The topological polar surface area (TPSA) is 79.0 Å². The molecule has 0 aliphatic carbocycles. The SMILES string of the molecule is CCOc1ccc(NC(=O)C[C@@H]2C(=O)N(c3ccccc3)C(=O)N2C(C)C)cc1. The Labute approximate surface area is 170 Å². The Balaban J connectivity index is 1.74. The summed E-state index contributed by atoms with van der Waals surface area (Å²) < 4.78 is 5.39. The fourth-order valence-corrected chi connectivity index (χ4v) is 3.38. The second-order valence-corrected chi connectivity index (χ2v) is 7.02. The van der Waals surface area contributed by atoms with Gasteiger partial charge in [0.2, 0.25) is 5.91 Å². The van der Waals surface area contributed by atoms with Gasteiger partial charge in [-0.2, -0.15) is 0 Å². The second-order valence-electron chi connectivity index (χ2n) is 7.02. The summed E-state index contributed by atoms with van der Waals surface area (Å²) in [6, 6.07) is 14.3. The highest BCUT2D eigenvalue weighted by atomic mass is 16.5. The molecule has 29 heavy (non-hydrogen) atoms. The molecule has 1 aliphatic rings. The molecule has 4 amide bonds. The number of imide groups is 1. The molecule has 7 nitrogen and oxygen atoms in total. The predicted octanol–water partition coefficient (Wildman–Crippen LogP) is 3.66. The number of para-hydroxylation sites is 1. The number of benzene rings is 2. The van der Waals surface area contributed by atoms with Crippen molar-refractivity contribution in [3.63, 3.8) is 0 Å². The van der Waals surface area contributed by atoms with E-state index in [1.54, 1.807) is 48.5 Å². The predicted molar refractivity (Wildman–Crippen MR) is 111 cm³/mol. The fourth-order valence-electron chi connectivity index (χ4n) is 3.38. The number of carbonyl (C=O) groups excluding carboxylic acids is 3. The van der Waals surface area contributed by atoms with Crippen LogP contribution in [0.1, 0.15) is 27.2 Å². The van der Waals surface area contributed by atoms with Crippen LogP contribution in [0.2, 0.25) is 0 Å². The van der Waals surface area contributed by atoms with Crippen LogP contribution in [0.15, 0.2) is 54.6 Å². The van der Waals surface area contributed by atoms with Crippen LogP contribution in [0.25, 0.3) is 0 Å². The van der Waals surface area contributed by atoms with Crippen molar-refractivity contribution in [3.8, 4) is 5.75 Å². The first-order valence-corrected chi connectivity index (χ1v) is 9.66. The monoisotopic (exact) mass is 395 g/mol. The van der Waals surface area contributed by atoms with E-state index in [9.17, 15) is 14.4 Å². The van der Waals surface area contributed by atoms with Crippen LogP contribution >= 0.6 is 0 Å². The number of hydrogen-bond acceptors (Lipinski definition) is 4. The van der Waals surface area contributed by atoms with Crippen LogP contribution in [0.4, 0.5) is 16.2 Å². The zero-order chi connectivity index (χ0) is 21.0. The van der Waals surface area contributed by atoms with Crippen LogP contribution in [0.5, 0.6) is 5.75 Å². The van der Waals surface area contributed by atoms with E-state index < -0.39 is 18.0 Å². The zero-order valence-electron chi connectivity index (χ0n) is 16.8. The number of carbonyl (C=O) groups is 3. The van der Waals surface area contributed by atoms with Gasteiger partial charge in [-0.05, 0) is 57.2 Å². The van der Waals surface area contributed by atoms with Gasteiger partial charge in [0.1, 0.15) is 11.8 Å². The quantitative estimate of drug-likeness (QED) is 0.726. The standard InChI is InChI=1S/C22H25N3O4/c1-4-29-18-12-10-16(11-13-18)23-20(26)14-19-21(27)25(17-8-6-5-7-9-17)22(28)24(19)15(2)3/h5-13,15,19H,4,14H2,1-3H3,(H,23,26)/t19-/m1/s1. The normalized spacial score (nSPS) is 16.5. The fraction of sp³-hybridized carbons (Fsp3) is 0.318. The molecule has 3 rings (SSSR count). The highest BCUT2D eigenvalue weighted by Crippen LogP contribution is 2.28. The number of anilines is 2. The Morgan fingerprint density at radius 3 is 2.31 bits per heavy atom. The minimum absolute atomic E-state index is 0.112. The molecule has 2 aromatic carbocycles. The molecule has 0 spiro atoms. The Morgan fingerprint density at radius 1 is 1.07 bits per heavy atom. The molecule has 1 N–H and O–H groups in total. The average molecular weight is 395 g/mol. The van der Waals surface area contributed by atoms with Crippen molar-refractivity contribution in [2.75, 3.05) is 16.8 Å². The summed E-state index contributed by atoms with van der Waals surface area (Å²) in [7, 11) is 0. The maximum atomic E-state index is 13.0. The molecule has 0 radical (unpaired) electrons. The van der Waals surface area contributed by atoms with E-state index in [2.05, 4.69) is 5.32 Å². The first-order valence-electron chi connectivity index (χ1n) is 9.66. The summed E-state index contributed by atoms with van der Waals surface area (Å²) in [5.74, 6) is -0.0100. The minimum Gasteiger partial charge on any atom is -0.494 e. The maximum Gasteiger partial charge on any atom is 0.332 e. The number of rotatable bonds is 7. The molecule has 1 aliphatic heterocycles. The van der Waals surface area contributed by atoms with Crippen LogP contribution < -0.4 is 15.0 Å². The largest absolute Gasteiger partial charge is 0.494 e. The molecule has 0 unspecified atom stereocenters. The number of amides is 4. The molecule has 0 saturated carbocycles. The number of ether oxygens (including phenoxy) is 1. The van der Waals surface area contributed by atoms with Gasteiger partial charge in [-0.3, -0.25) is 9.59 Å². The number of urea groups is 1. The second kappa shape index (κ2) is 8.77. The number of nitrogens with one attached hydrogen (secondary N) is 1. The lowest BCUT2D eigenvalue weighted by molar-refractivity contribution is -0.124. The molecule has 0 aromatic heterocycles. The van der Waals surface area contributed by atoms with Crippen LogP contribution in [-0.2, 0) is 9.59 Å². The number of nitrogens with zero attached hydrogens (tertiary/aromatic N) is 2. The van der Waals surface area contributed by atoms with Gasteiger partial charge in [0.25, 0.3) is 5.91 Å². The Kier molecular flexibility index (Phi) is 6.16. The molecule has 152 valence electrons. The molecule has 1 heterocycles. The van der Waals surface area contributed by atoms with Gasteiger partial charge in [-0.1, -0.05) is 18.2 Å². The van der Waals surface area contributed by atoms with Crippen LogP contribution in [0, 0.1) is 0 Å². The molecule has 7 heteroatoms. The van der Waals surface area contributed by atoms with Gasteiger partial charge in [-0.25, -0.2) is 9.69 Å². The maximum absolute atomic E-state index is 13.0. The molecule has 0 bridgehead atoms. The highest BCUT2D eigenvalue weighted by molar-refractivity contribution is 6.22. The lowest BCUT2D eigenvalue weighted by Gasteiger charge is -2.25. The van der Waals surface area contributed by atoms with Gasteiger partial charge in [-0.15, -0.1) is 0 Å². The van der Waals surface area contributed by atoms with Crippen LogP contribution in [-0.4, -0.2) is 41.4 Å². The third kappa shape index (κ3) is 4.39. The minimum atomic E-state index is -0.842. The third-order valence-corrected chi connectivity index (χ3v) is 4.65. The molecular weight excluding hydrogens is 370 g/mol. The first-order chi connectivity index (χ1) is 13.9. The summed E-state index contributed by atoms with van der Waals surface area (Å²) in [5.41, 5.74) is 1.11. The number of hydrogen-bond donors (Lipinski definition) is 1. The van der Waals surface area contributed by atoms with Crippen molar-refractivity contribution in [3.05, 3.63) is 54.6 Å². The van der Waals surface area contributed by atoms with Crippen molar-refractivity contribution < 1.29 is 19.1 Å². The van der Waals surface area contributed by atoms with Gasteiger partial charge in [0.05, 0.1) is 18.7 Å². The third-order valence-electron chi connectivity index (χ3n) is 4.65. The van der Waals surface area contributed by atoms with Gasteiger partial charge < -0.3 is 15.0 Å². The van der Waals surface area contributed by atoms with E-state index in [4.69, 9.17) is 4.74 Å². The van der Waals surface area contributed by atoms with Gasteiger partial charge in [0.15, 0.2) is 0 Å². The average Bonchev–Trinajstić information content (AvgIpc) is 2.94. The molecule has 1 fully saturated rings. The highest BCUT2D eigenvalue weighted by Gasteiger charge is 2.47. The van der Waals surface area contributed by atoms with E-state index in [0.717, 1.165) is 4.90 Å². The molecule has 1 atom stereocenters. The molecule has 2 aromatic rings. The summed E-state index contributed by atoms with van der Waals surface area (Å²) in [6.45, 7) is 6.12. The van der Waals surface area contributed by atoms with E-state index in [0.29, 0.717) is 23.7 Å². The molecule has 1 saturated heterocycles. The smallest absolute Gasteiger partial charge is 0.332 e. The Morgan fingerprint density at radius 2 is 1.72 bits per heavy atom. The van der Waals surface area contributed by atoms with Crippen molar-refractivity contribution in [2.45, 2.75) is 39.3 Å². The lowest BCUT2D eigenvalue weighted by Crippen LogP contribution is -2.42. The van der Waals surface area contributed by atoms with Crippen LogP contribution in [0.3, 0.4) is 0 Å². The first kappa shape index (κ1) is 20.4. The van der Waals surface area contributed by atoms with E-state index >= 15 is 0 Å². The van der Waals surface area contributed by atoms with E-state index in [1.807, 2.05) is 26.8 Å². The Hall–Kier alpha value is -3.35. The lowest BCUT2D eigenvalue weighted by atomic mass is 10.1. The summed E-state index contributed by atoms with van der Waals surface area (Å²) in [5, 5.41) is 2.78. The summed E-state index contributed by atoms with van der Waals surface area (Å²) >= 11 is 0. The van der Waals surface area contributed by atoms with Crippen molar-refractivity contribution >= 4 is 29.2 Å². The summed E-state index contributed by atoms with van der Waals surface area (Å²) in [6.07, 6.45) is -0.112.